The van der Waals surface area contributed by atoms with Gasteiger partial charge in [-0.25, -0.2) is 0 Å². The number of nitrogens with one attached hydrogen (secondary N) is 2. The van der Waals surface area contributed by atoms with E-state index in [-0.39, 0.29) is 5.91 Å². The summed E-state index contributed by atoms with van der Waals surface area (Å²) in [7, 11) is 0. The van der Waals surface area contributed by atoms with Gasteiger partial charge in [0.1, 0.15) is 0 Å². The fourth-order valence-electron chi connectivity index (χ4n) is 3.48. The van der Waals surface area contributed by atoms with Crippen LogP contribution in [0.3, 0.4) is 0 Å². The Morgan fingerprint density at radius 2 is 1.92 bits per heavy atom. The van der Waals surface area contributed by atoms with E-state index in [1.165, 1.54) is 30.2 Å². The zero-order valence-electron chi connectivity index (χ0n) is 14.7. The predicted molar refractivity (Wildman–Crippen MR) is 102 cm³/mol. The Kier molecular flexibility index (Phi) is 4.82. The highest BCUT2D eigenvalue weighted by Crippen LogP contribution is 2.18. The molecular weight excluding hydrogens is 326 g/mol. The molecule has 1 aromatic carbocycles. The van der Waals surface area contributed by atoms with Crippen LogP contribution in [-0.4, -0.2) is 40.7 Å². The molecule has 1 fully saturated rings. The lowest BCUT2D eigenvalue weighted by molar-refractivity contribution is 0.0948. The monoisotopic (exact) mass is 349 g/mol. The lowest BCUT2D eigenvalue weighted by Gasteiger charge is -2.27. The van der Waals surface area contributed by atoms with Gasteiger partial charge in [0.15, 0.2) is 11.5 Å². The maximum atomic E-state index is 12.3. The van der Waals surface area contributed by atoms with E-state index in [0.29, 0.717) is 12.2 Å². The van der Waals surface area contributed by atoms with Crippen molar-refractivity contribution in [1.29, 1.82) is 0 Å². The second-order valence-corrected chi connectivity index (χ2v) is 6.69. The summed E-state index contributed by atoms with van der Waals surface area (Å²) in [5.41, 5.74) is 2.69. The van der Waals surface area contributed by atoms with Crippen molar-refractivity contribution < 1.29 is 4.79 Å². The third-order valence-corrected chi connectivity index (χ3v) is 4.92. The molecule has 2 aromatic heterocycles. The number of nitrogens with zero attached hydrogens (tertiary/aromatic N) is 3. The molecule has 1 saturated heterocycles. The number of para-hydroxylation sites is 1. The van der Waals surface area contributed by atoms with Crippen LogP contribution in [0, 0.1) is 0 Å². The predicted octanol–water partition coefficient (Wildman–Crippen LogP) is 2.92. The summed E-state index contributed by atoms with van der Waals surface area (Å²) in [6.45, 7) is 2.60. The van der Waals surface area contributed by atoms with Crippen molar-refractivity contribution in [3.05, 3.63) is 53.9 Å². The number of benzene rings is 1. The Labute approximate surface area is 152 Å². The standard InChI is InChI=1S/C20H23N5O/c26-20(18-8-9-19(24-23-18)25-12-4-1-5-13-25)21-11-10-15-14-22-17-7-3-2-6-16(15)17/h2-3,6-9,14,22H,1,4-5,10-13H2,(H,21,26). The van der Waals surface area contributed by atoms with Crippen LogP contribution in [0.2, 0.25) is 0 Å². The highest BCUT2D eigenvalue weighted by molar-refractivity contribution is 5.92. The molecule has 2 N–H and O–H groups in total. The maximum absolute atomic E-state index is 12.3. The average Bonchev–Trinajstić information content (AvgIpc) is 3.12. The molecule has 3 aromatic rings. The minimum Gasteiger partial charge on any atom is -0.361 e. The third-order valence-electron chi connectivity index (χ3n) is 4.92. The first-order valence-electron chi connectivity index (χ1n) is 9.23. The van der Waals surface area contributed by atoms with Crippen LogP contribution in [-0.2, 0) is 6.42 Å². The van der Waals surface area contributed by atoms with Gasteiger partial charge in [0.25, 0.3) is 5.91 Å². The molecule has 0 unspecified atom stereocenters. The van der Waals surface area contributed by atoms with Gasteiger partial charge in [-0.3, -0.25) is 4.79 Å². The number of piperidine rings is 1. The summed E-state index contributed by atoms with van der Waals surface area (Å²) < 4.78 is 0. The normalized spacial score (nSPS) is 14.5. The summed E-state index contributed by atoms with van der Waals surface area (Å²) in [6.07, 6.45) is 6.44. The lowest BCUT2D eigenvalue weighted by atomic mass is 10.1. The fraction of sp³-hybridized carbons (Fsp3) is 0.350. The number of aromatic amines is 1. The summed E-state index contributed by atoms with van der Waals surface area (Å²) >= 11 is 0. The van der Waals surface area contributed by atoms with E-state index in [0.717, 1.165) is 30.8 Å². The third kappa shape index (κ3) is 3.54. The number of hydrogen-bond acceptors (Lipinski definition) is 4. The Morgan fingerprint density at radius 3 is 2.73 bits per heavy atom. The molecule has 4 rings (SSSR count). The van der Waals surface area contributed by atoms with Crippen LogP contribution in [0.25, 0.3) is 10.9 Å². The molecule has 6 heteroatoms. The Hall–Kier alpha value is -2.89. The minimum atomic E-state index is -0.178. The highest BCUT2D eigenvalue weighted by Gasteiger charge is 2.14. The fourth-order valence-corrected chi connectivity index (χ4v) is 3.48. The van der Waals surface area contributed by atoms with Crippen molar-refractivity contribution >= 4 is 22.6 Å². The lowest BCUT2D eigenvalue weighted by Crippen LogP contribution is -2.31. The van der Waals surface area contributed by atoms with Crippen LogP contribution in [0.1, 0.15) is 35.3 Å². The second kappa shape index (κ2) is 7.56. The van der Waals surface area contributed by atoms with Gasteiger partial charge >= 0.3 is 0 Å². The quantitative estimate of drug-likeness (QED) is 0.743. The van der Waals surface area contributed by atoms with E-state index in [2.05, 4.69) is 37.5 Å². The van der Waals surface area contributed by atoms with E-state index in [4.69, 9.17) is 0 Å². The molecule has 26 heavy (non-hydrogen) atoms. The van der Waals surface area contributed by atoms with Crippen molar-refractivity contribution in [2.75, 3.05) is 24.5 Å². The zero-order chi connectivity index (χ0) is 17.8. The van der Waals surface area contributed by atoms with Gasteiger partial charge in [-0.05, 0) is 49.4 Å². The van der Waals surface area contributed by atoms with E-state index < -0.39 is 0 Å². The largest absolute Gasteiger partial charge is 0.361 e. The van der Waals surface area contributed by atoms with Gasteiger partial charge in [0, 0.05) is 36.7 Å². The highest BCUT2D eigenvalue weighted by atomic mass is 16.1. The second-order valence-electron chi connectivity index (χ2n) is 6.69. The summed E-state index contributed by atoms with van der Waals surface area (Å²) in [4.78, 5) is 17.8. The van der Waals surface area contributed by atoms with Gasteiger partial charge in [-0.2, -0.15) is 0 Å². The van der Waals surface area contributed by atoms with Crippen molar-refractivity contribution in [1.82, 2.24) is 20.5 Å². The molecule has 3 heterocycles. The molecule has 1 aliphatic rings. The average molecular weight is 349 g/mol. The Balaban J connectivity index is 1.33. The molecule has 134 valence electrons. The van der Waals surface area contributed by atoms with Crippen molar-refractivity contribution in [2.24, 2.45) is 0 Å². The molecule has 0 atom stereocenters. The number of fused-ring (bicyclic) bond motifs is 1. The van der Waals surface area contributed by atoms with Crippen LogP contribution >= 0.6 is 0 Å². The van der Waals surface area contributed by atoms with Gasteiger partial charge in [-0.15, -0.1) is 10.2 Å². The van der Waals surface area contributed by atoms with Gasteiger partial charge in [-0.1, -0.05) is 18.2 Å². The topological polar surface area (TPSA) is 73.9 Å². The molecule has 1 aliphatic heterocycles. The zero-order valence-corrected chi connectivity index (χ0v) is 14.7. The number of carbonyl (C=O) groups is 1. The molecule has 0 bridgehead atoms. The van der Waals surface area contributed by atoms with Crippen molar-refractivity contribution in [3.8, 4) is 0 Å². The van der Waals surface area contributed by atoms with Crippen LogP contribution in [0.5, 0.6) is 0 Å². The van der Waals surface area contributed by atoms with Crippen molar-refractivity contribution in [2.45, 2.75) is 25.7 Å². The SMILES string of the molecule is O=C(NCCc1c[nH]c2ccccc12)c1ccc(N2CCCCC2)nn1. The van der Waals surface area contributed by atoms with Gasteiger partial charge < -0.3 is 15.2 Å². The van der Waals surface area contributed by atoms with Crippen molar-refractivity contribution in [3.63, 3.8) is 0 Å². The Morgan fingerprint density at radius 1 is 1.08 bits per heavy atom. The maximum Gasteiger partial charge on any atom is 0.271 e. The molecule has 0 radical (unpaired) electrons. The number of hydrogen-bond donors (Lipinski definition) is 2. The van der Waals surface area contributed by atoms with E-state index in [1.54, 1.807) is 6.07 Å². The molecule has 6 nitrogen and oxygen atoms in total. The van der Waals surface area contributed by atoms with E-state index in [9.17, 15) is 4.79 Å². The Bertz CT molecular complexity index is 881. The van der Waals surface area contributed by atoms with Crippen LogP contribution in [0.4, 0.5) is 5.82 Å². The summed E-state index contributed by atoms with van der Waals surface area (Å²) in [5, 5.41) is 12.5. The molecular formula is C20H23N5O. The van der Waals surface area contributed by atoms with E-state index in [1.807, 2.05) is 24.4 Å². The smallest absolute Gasteiger partial charge is 0.271 e. The number of aromatic nitrogens is 3. The number of anilines is 1. The number of carbonyl (C=O) groups excluding carboxylic acids is 1. The number of rotatable bonds is 5. The van der Waals surface area contributed by atoms with Gasteiger partial charge in [0.2, 0.25) is 0 Å². The van der Waals surface area contributed by atoms with Crippen LogP contribution in [0.15, 0.2) is 42.6 Å². The van der Waals surface area contributed by atoms with Crippen LogP contribution < -0.4 is 10.2 Å². The molecule has 0 saturated carbocycles. The first-order chi connectivity index (χ1) is 12.8. The molecule has 0 aliphatic carbocycles. The summed E-state index contributed by atoms with van der Waals surface area (Å²) in [6, 6.07) is 11.8. The first kappa shape index (κ1) is 16.6. The number of H-pyrrole nitrogens is 1. The van der Waals surface area contributed by atoms with Gasteiger partial charge in [0.05, 0.1) is 0 Å². The molecule has 1 amide bonds. The number of amides is 1. The summed E-state index contributed by atoms with van der Waals surface area (Å²) in [5.74, 6) is 0.683. The minimum absolute atomic E-state index is 0.178. The van der Waals surface area contributed by atoms with E-state index >= 15 is 0 Å². The first-order valence-corrected chi connectivity index (χ1v) is 9.23. The molecule has 0 spiro atoms.